The van der Waals surface area contributed by atoms with Crippen molar-refractivity contribution >= 4 is 29.2 Å². The molecular formula is C26H40N2O6S. The predicted octanol–water partition coefficient (Wildman–Crippen LogP) is 3.24. The molecule has 1 aromatic heterocycles. The number of fused-ring (bicyclic) bond motifs is 1. The van der Waals surface area contributed by atoms with Gasteiger partial charge in [-0.25, -0.2) is 4.98 Å². The second-order valence-electron chi connectivity index (χ2n) is 10.9. The third-order valence-corrected chi connectivity index (χ3v) is 8.55. The van der Waals surface area contributed by atoms with E-state index >= 15 is 0 Å². The summed E-state index contributed by atoms with van der Waals surface area (Å²) in [6, 6.07) is 0. The SMILES string of the molecule is CC1CCCC2(C)OC2CC(C=Cc2csc(CN)n2)OC(=O)CC(O)C(C)(C)C(=O)C(C)C1O. The number of epoxide rings is 1. The molecule has 0 saturated carbocycles. The molecule has 4 N–H and O–H groups in total. The van der Waals surface area contributed by atoms with E-state index in [2.05, 4.69) is 11.9 Å². The number of hydrogen-bond donors (Lipinski definition) is 3. The number of aliphatic hydroxyl groups is 2. The Morgan fingerprint density at radius 3 is 2.63 bits per heavy atom. The standard InChI is InChI=1S/C26H40N2O6S/c1-15-7-6-10-26(5)20(34-26)11-18(9-8-17-14-35-21(13-27)28-17)33-22(30)12-19(29)25(3,4)24(32)16(2)23(15)31/h8-9,14-16,18-20,23,29,31H,6-7,10-13,27H2,1-5H3. The number of ether oxygens (including phenoxy) is 2. The molecule has 196 valence electrons. The minimum absolute atomic E-state index is 0.0602. The molecule has 2 aliphatic heterocycles. The van der Waals surface area contributed by atoms with Crippen molar-refractivity contribution in [2.24, 2.45) is 23.0 Å². The van der Waals surface area contributed by atoms with Crippen LogP contribution in [0.4, 0.5) is 0 Å². The third kappa shape index (κ3) is 6.77. The summed E-state index contributed by atoms with van der Waals surface area (Å²) in [5.74, 6) is -1.60. The van der Waals surface area contributed by atoms with Gasteiger partial charge in [-0.3, -0.25) is 9.59 Å². The maximum Gasteiger partial charge on any atom is 0.309 e. The quantitative estimate of drug-likeness (QED) is 0.418. The molecule has 2 fully saturated rings. The van der Waals surface area contributed by atoms with Gasteiger partial charge in [0.05, 0.1) is 41.4 Å². The van der Waals surface area contributed by atoms with Gasteiger partial charge in [-0.15, -0.1) is 11.3 Å². The molecule has 1 aromatic rings. The van der Waals surface area contributed by atoms with Crippen molar-refractivity contribution in [3.8, 4) is 0 Å². The highest BCUT2D eigenvalue weighted by Gasteiger charge is 2.52. The molecule has 0 aromatic carbocycles. The Bertz CT molecular complexity index is 931. The van der Waals surface area contributed by atoms with Gasteiger partial charge in [-0.05, 0) is 37.8 Å². The number of carbonyl (C=O) groups excluding carboxylic acids is 2. The molecule has 7 atom stereocenters. The highest BCUT2D eigenvalue weighted by atomic mass is 32.1. The van der Waals surface area contributed by atoms with Crippen molar-refractivity contribution in [2.75, 3.05) is 0 Å². The number of nitrogens with zero attached hydrogens (tertiary/aromatic N) is 1. The van der Waals surface area contributed by atoms with Crippen LogP contribution >= 0.6 is 11.3 Å². The molecule has 9 heteroatoms. The van der Waals surface area contributed by atoms with E-state index in [9.17, 15) is 19.8 Å². The zero-order valence-electron chi connectivity index (χ0n) is 21.4. The van der Waals surface area contributed by atoms with Gasteiger partial charge in [0.15, 0.2) is 0 Å². The van der Waals surface area contributed by atoms with Gasteiger partial charge in [-0.2, -0.15) is 0 Å². The number of rotatable bonds is 3. The average molecular weight is 509 g/mol. The fraction of sp³-hybridized carbons (Fsp3) is 0.731. The molecule has 35 heavy (non-hydrogen) atoms. The molecule has 0 amide bonds. The van der Waals surface area contributed by atoms with Crippen LogP contribution in [0.25, 0.3) is 6.08 Å². The van der Waals surface area contributed by atoms with Gasteiger partial charge in [0.2, 0.25) is 0 Å². The number of aliphatic hydroxyl groups excluding tert-OH is 2. The van der Waals surface area contributed by atoms with Crippen LogP contribution in [-0.2, 0) is 25.6 Å². The summed E-state index contributed by atoms with van der Waals surface area (Å²) in [5, 5.41) is 24.3. The zero-order valence-corrected chi connectivity index (χ0v) is 22.2. The van der Waals surface area contributed by atoms with Crippen molar-refractivity contribution in [3.63, 3.8) is 0 Å². The van der Waals surface area contributed by atoms with Crippen LogP contribution in [0, 0.1) is 17.3 Å². The van der Waals surface area contributed by atoms with Crippen molar-refractivity contribution < 1.29 is 29.3 Å². The Morgan fingerprint density at radius 1 is 1.26 bits per heavy atom. The van der Waals surface area contributed by atoms with Gasteiger partial charge >= 0.3 is 5.97 Å². The van der Waals surface area contributed by atoms with Crippen LogP contribution in [-0.4, -0.2) is 57.0 Å². The number of aromatic nitrogens is 1. The summed E-state index contributed by atoms with van der Waals surface area (Å²) in [4.78, 5) is 30.4. The number of thiazole rings is 1. The monoisotopic (exact) mass is 508 g/mol. The Kier molecular flexibility index (Phi) is 8.91. The van der Waals surface area contributed by atoms with Crippen LogP contribution in [0.2, 0.25) is 0 Å². The molecule has 3 heterocycles. The van der Waals surface area contributed by atoms with E-state index < -0.39 is 35.6 Å². The summed E-state index contributed by atoms with van der Waals surface area (Å²) in [5.41, 5.74) is 4.87. The van der Waals surface area contributed by atoms with Crippen LogP contribution < -0.4 is 5.73 Å². The van der Waals surface area contributed by atoms with Gasteiger partial charge in [0.1, 0.15) is 16.9 Å². The van der Waals surface area contributed by atoms with Crippen molar-refractivity contribution in [1.29, 1.82) is 0 Å². The Morgan fingerprint density at radius 2 is 1.97 bits per heavy atom. The topological polar surface area (TPSA) is 135 Å². The lowest BCUT2D eigenvalue weighted by Gasteiger charge is -2.34. The number of ketones is 1. The van der Waals surface area contributed by atoms with Crippen molar-refractivity contribution in [1.82, 2.24) is 4.98 Å². The summed E-state index contributed by atoms with van der Waals surface area (Å²) < 4.78 is 11.7. The Balaban J connectivity index is 1.80. The van der Waals surface area contributed by atoms with Gasteiger partial charge < -0.3 is 25.4 Å². The molecule has 0 radical (unpaired) electrons. The second kappa shape index (κ2) is 11.2. The number of hydrogen-bond acceptors (Lipinski definition) is 9. The number of cyclic esters (lactones) is 1. The van der Waals surface area contributed by atoms with E-state index in [1.54, 1.807) is 32.9 Å². The van der Waals surface area contributed by atoms with Crippen LogP contribution in [0.5, 0.6) is 0 Å². The lowest BCUT2D eigenvalue weighted by Crippen LogP contribution is -2.45. The highest BCUT2D eigenvalue weighted by molar-refractivity contribution is 7.09. The molecule has 7 unspecified atom stereocenters. The molecule has 0 bridgehead atoms. The molecule has 8 nitrogen and oxygen atoms in total. The predicted molar refractivity (Wildman–Crippen MR) is 134 cm³/mol. The Labute approximate surface area is 211 Å². The minimum Gasteiger partial charge on any atom is -0.458 e. The minimum atomic E-state index is -1.24. The van der Waals surface area contributed by atoms with Gasteiger partial charge in [0, 0.05) is 24.3 Å². The molecule has 0 spiro atoms. The number of Topliss-reactive ketones (excluding diaryl/α,β-unsaturated/α-hetero) is 1. The summed E-state index contributed by atoms with van der Waals surface area (Å²) in [6.07, 6.45) is 3.51. The maximum atomic E-state index is 13.2. The van der Waals surface area contributed by atoms with E-state index in [0.29, 0.717) is 13.0 Å². The summed E-state index contributed by atoms with van der Waals surface area (Å²) >= 11 is 1.47. The van der Waals surface area contributed by atoms with Crippen molar-refractivity contribution in [3.05, 3.63) is 22.2 Å². The summed E-state index contributed by atoms with van der Waals surface area (Å²) in [7, 11) is 0. The normalized spacial score (nSPS) is 37.1. The van der Waals surface area contributed by atoms with E-state index in [1.165, 1.54) is 11.3 Å². The van der Waals surface area contributed by atoms with Crippen LogP contribution in [0.15, 0.2) is 11.5 Å². The van der Waals surface area contributed by atoms with E-state index in [-0.39, 0.29) is 29.8 Å². The second-order valence-corrected chi connectivity index (χ2v) is 11.8. The zero-order chi connectivity index (χ0) is 26.0. The first kappa shape index (κ1) is 27.9. The molecular weight excluding hydrogens is 468 g/mol. The van der Waals surface area contributed by atoms with Gasteiger partial charge in [0.25, 0.3) is 0 Å². The first-order chi connectivity index (χ1) is 16.4. The molecule has 2 aliphatic rings. The number of carbonyl (C=O) groups is 2. The van der Waals surface area contributed by atoms with Crippen LogP contribution in [0.3, 0.4) is 0 Å². The number of nitrogens with two attached hydrogens (primary N) is 1. The highest BCUT2D eigenvalue weighted by Crippen LogP contribution is 2.44. The van der Waals surface area contributed by atoms with E-state index in [4.69, 9.17) is 15.2 Å². The fourth-order valence-electron chi connectivity index (χ4n) is 4.86. The lowest BCUT2D eigenvalue weighted by molar-refractivity contribution is -0.154. The average Bonchev–Trinajstić information content (AvgIpc) is 3.20. The number of esters is 1. The third-order valence-electron chi connectivity index (χ3n) is 7.66. The van der Waals surface area contributed by atoms with Crippen molar-refractivity contribution in [2.45, 2.75) is 103 Å². The summed E-state index contributed by atoms with van der Waals surface area (Å²) in [6.45, 7) is 9.28. The van der Waals surface area contributed by atoms with Crippen LogP contribution in [0.1, 0.15) is 77.4 Å². The van der Waals surface area contributed by atoms with E-state index in [0.717, 1.165) is 30.0 Å². The molecule has 2 saturated heterocycles. The molecule has 3 rings (SSSR count). The smallest absolute Gasteiger partial charge is 0.309 e. The first-order valence-electron chi connectivity index (χ1n) is 12.5. The lowest BCUT2D eigenvalue weighted by atomic mass is 9.73. The fourth-order valence-corrected chi connectivity index (χ4v) is 5.50. The van der Waals surface area contributed by atoms with Gasteiger partial charge in [-0.1, -0.05) is 34.1 Å². The van der Waals surface area contributed by atoms with E-state index in [1.807, 2.05) is 12.3 Å². The molecule has 0 aliphatic carbocycles. The first-order valence-corrected chi connectivity index (χ1v) is 13.4. The largest absolute Gasteiger partial charge is 0.458 e. The maximum absolute atomic E-state index is 13.2. The Hall–Kier alpha value is -1.65.